The van der Waals surface area contributed by atoms with Crippen molar-refractivity contribution in [3.63, 3.8) is 0 Å². The maximum absolute atomic E-state index is 12.0. The van der Waals surface area contributed by atoms with Crippen molar-refractivity contribution in [1.29, 1.82) is 0 Å². The van der Waals surface area contributed by atoms with Gasteiger partial charge in [0.05, 0.1) is 22.0 Å². The largest absolute Gasteiger partial charge is 0.452 e. The molecule has 10 nitrogen and oxygen atoms in total. The highest BCUT2D eigenvalue weighted by Gasteiger charge is 2.29. The van der Waals surface area contributed by atoms with E-state index in [-0.39, 0.29) is 28.4 Å². The Morgan fingerprint density at radius 1 is 1.38 bits per heavy atom. The zero-order valence-electron chi connectivity index (χ0n) is 14.1. The van der Waals surface area contributed by atoms with Gasteiger partial charge in [-0.2, -0.15) is 0 Å². The van der Waals surface area contributed by atoms with E-state index in [4.69, 9.17) is 4.74 Å². The molecule has 1 aromatic carbocycles. The molecule has 1 aliphatic rings. The van der Waals surface area contributed by atoms with Crippen molar-refractivity contribution < 1.29 is 27.7 Å². The second-order valence-electron chi connectivity index (χ2n) is 5.76. The van der Waals surface area contributed by atoms with E-state index in [1.807, 2.05) is 0 Å². The highest BCUT2D eigenvalue weighted by Crippen LogP contribution is 2.25. The van der Waals surface area contributed by atoms with E-state index in [9.17, 15) is 28.1 Å². The molecule has 0 saturated carbocycles. The Labute approximate surface area is 150 Å². The summed E-state index contributed by atoms with van der Waals surface area (Å²) in [6.07, 6.45) is 0.320. The first-order chi connectivity index (χ1) is 12.2. The van der Waals surface area contributed by atoms with Crippen LogP contribution < -0.4 is 10.6 Å². The maximum Gasteiger partial charge on any atom is 0.338 e. The Balaban J connectivity index is 1.94. The molecule has 1 unspecified atom stereocenters. The minimum absolute atomic E-state index is 0.0134. The van der Waals surface area contributed by atoms with Crippen molar-refractivity contribution in [3.05, 3.63) is 33.9 Å². The van der Waals surface area contributed by atoms with E-state index in [1.165, 1.54) is 12.1 Å². The Morgan fingerprint density at radius 3 is 2.69 bits per heavy atom. The average molecular weight is 385 g/mol. The number of esters is 1. The summed E-state index contributed by atoms with van der Waals surface area (Å²) in [7, 11) is -3.13. The van der Waals surface area contributed by atoms with Crippen LogP contribution in [0.2, 0.25) is 0 Å². The third-order valence-corrected chi connectivity index (χ3v) is 5.50. The van der Waals surface area contributed by atoms with Gasteiger partial charge in [-0.25, -0.2) is 13.2 Å². The summed E-state index contributed by atoms with van der Waals surface area (Å²) in [5.41, 5.74) is -0.0641. The van der Waals surface area contributed by atoms with Crippen LogP contribution in [0.4, 0.5) is 11.4 Å². The second-order valence-corrected chi connectivity index (χ2v) is 7.99. The summed E-state index contributed by atoms with van der Waals surface area (Å²) in [5, 5.41) is 16.4. The lowest BCUT2D eigenvalue weighted by atomic mass is 10.1. The lowest BCUT2D eigenvalue weighted by molar-refractivity contribution is -0.384. The van der Waals surface area contributed by atoms with Crippen LogP contribution in [0.25, 0.3) is 0 Å². The summed E-state index contributed by atoms with van der Waals surface area (Å²) >= 11 is 0. The lowest BCUT2D eigenvalue weighted by Crippen LogP contribution is -2.38. The number of benzene rings is 1. The molecular weight excluding hydrogens is 366 g/mol. The van der Waals surface area contributed by atoms with Gasteiger partial charge in [-0.3, -0.25) is 14.9 Å². The molecule has 26 heavy (non-hydrogen) atoms. The molecular formula is C15H19N3O7S. The summed E-state index contributed by atoms with van der Waals surface area (Å²) in [4.78, 5) is 34.2. The molecule has 1 saturated heterocycles. The zero-order chi connectivity index (χ0) is 19.3. The fourth-order valence-corrected chi connectivity index (χ4v) is 4.22. The highest BCUT2D eigenvalue weighted by atomic mass is 32.2. The Kier molecular flexibility index (Phi) is 6.14. The van der Waals surface area contributed by atoms with Crippen LogP contribution >= 0.6 is 0 Å². The van der Waals surface area contributed by atoms with E-state index in [0.717, 1.165) is 6.07 Å². The number of nitro groups is 1. The van der Waals surface area contributed by atoms with E-state index < -0.39 is 39.3 Å². The van der Waals surface area contributed by atoms with Crippen molar-refractivity contribution in [2.45, 2.75) is 19.4 Å². The van der Waals surface area contributed by atoms with Crippen LogP contribution in [0.15, 0.2) is 18.2 Å². The molecule has 0 bridgehead atoms. The topological polar surface area (TPSA) is 145 Å². The molecule has 142 valence electrons. The highest BCUT2D eigenvalue weighted by molar-refractivity contribution is 7.91. The Morgan fingerprint density at radius 2 is 2.12 bits per heavy atom. The van der Waals surface area contributed by atoms with E-state index >= 15 is 0 Å². The minimum Gasteiger partial charge on any atom is -0.452 e. The van der Waals surface area contributed by atoms with Crippen LogP contribution in [0.5, 0.6) is 0 Å². The number of ether oxygens (including phenoxy) is 1. The molecule has 1 atom stereocenters. The van der Waals surface area contributed by atoms with Crippen molar-refractivity contribution >= 4 is 33.1 Å². The van der Waals surface area contributed by atoms with E-state index in [2.05, 4.69) is 10.6 Å². The average Bonchev–Trinajstić information content (AvgIpc) is 2.91. The molecule has 1 amide bonds. The van der Waals surface area contributed by atoms with Gasteiger partial charge in [0.25, 0.3) is 11.6 Å². The SMILES string of the molecule is CCNc1ccc(C(=O)OCC(=O)NC2CCS(=O)(=O)C2)cc1[N+](=O)[O-]. The maximum atomic E-state index is 12.0. The predicted octanol–water partition coefficient (Wildman–Crippen LogP) is 0.487. The fraction of sp³-hybridized carbons (Fsp3) is 0.467. The fourth-order valence-electron chi connectivity index (χ4n) is 2.54. The molecule has 2 rings (SSSR count). The van der Waals surface area contributed by atoms with Crippen LogP contribution in [-0.4, -0.2) is 55.9 Å². The summed E-state index contributed by atoms with van der Waals surface area (Å²) < 4.78 is 27.5. The number of rotatable bonds is 7. The lowest BCUT2D eigenvalue weighted by Gasteiger charge is -2.11. The van der Waals surface area contributed by atoms with Crippen molar-refractivity contribution in [2.75, 3.05) is 30.0 Å². The molecule has 0 radical (unpaired) electrons. The third-order valence-electron chi connectivity index (χ3n) is 3.73. The molecule has 0 spiro atoms. The quantitative estimate of drug-likeness (QED) is 0.392. The third kappa shape index (κ3) is 5.15. The zero-order valence-corrected chi connectivity index (χ0v) is 14.9. The van der Waals surface area contributed by atoms with Gasteiger partial charge < -0.3 is 15.4 Å². The number of carbonyl (C=O) groups is 2. The number of hydrogen-bond acceptors (Lipinski definition) is 8. The number of nitro benzene ring substituents is 1. The first-order valence-electron chi connectivity index (χ1n) is 7.91. The van der Waals surface area contributed by atoms with Crippen LogP contribution in [0.1, 0.15) is 23.7 Å². The molecule has 1 aliphatic heterocycles. The number of nitrogens with zero attached hydrogens (tertiary/aromatic N) is 1. The molecule has 1 fully saturated rings. The van der Waals surface area contributed by atoms with Gasteiger partial charge in [0, 0.05) is 18.7 Å². The number of hydrogen-bond donors (Lipinski definition) is 2. The number of nitrogens with one attached hydrogen (secondary N) is 2. The van der Waals surface area contributed by atoms with Gasteiger partial charge in [0.2, 0.25) is 0 Å². The van der Waals surface area contributed by atoms with Crippen molar-refractivity contribution in [3.8, 4) is 0 Å². The molecule has 0 aromatic heterocycles. The first-order valence-corrected chi connectivity index (χ1v) is 9.73. The molecule has 11 heteroatoms. The van der Waals surface area contributed by atoms with Gasteiger partial charge >= 0.3 is 5.97 Å². The summed E-state index contributed by atoms with van der Waals surface area (Å²) in [6.45, 7) is 1.65. The van der Waals surface area contributed by atoms with Gasteiger partial charge in [0.15, 0.2) is 16.4 Å². The van der Waals surface area contributed by atoms with E-state index in [0.29, 0.717) is 13.0 Å². The second kappa shape index (κ2) is 8.13. The predicted molar refractivity (Wildman–Crippen MR) is 92.7 cm³/mol. The Hall–Kier alpha value is -2.69. The van der Waals surface area contributed by atoms with E-state index in [1.54, 1.807) is 6.92 Å². The summed E-state index contributed by atoms with van der Waals surface area (Å²) in [5.74, 6) is -1.63. The number of anilines is 1. The normalized spacial score (nSPS) is 18.1. The smallest absolute Gasteiger partial charge is 0.338 e. The number of amides is 1. The van der Waals surface area contributed by atoms with Gasteiger partial charge in [-0.05, 0) is 25.5 Å². The van der Waals surface area contributed by atoms with Gasteiger partial charge in [-0.15, -0.1) is 0 Å². The van der Waals surface area contributed by atoms with Crippen LogP contribution in [0.3, 0.4) is 0 Å². The van der Waals surface area contributed by atoms with Crippen LogP contribution in [0, 0.1) is 10.1 Å². The van der Waals surface area contributed by atoms with Gasteiger partial charge in [0.1, 0.15) is 5.69 Å². The number of sulfone groups is 1. The monoisotopic (exact) mass is 385 g/mol. The number of carbonyl (C=O) groups excluding carboxylic acids is 2. The first kappa shape index (κ1) is 19.6. The standard InChI is InChI=1S/C15H19N3O7S/c1-2-16-12-4-3-10(7-13(12)18(21)22)15(20)25-8-14(19)17-11-5-6-26(23,24)9-11/h3-4,7,11,16H,2,5-6,8-9H2,1H3,(H,17,19). The summed E-state index contributed by atoms with van der Waals surface area (Å²) in [6, 6.07) is 3.32. The van der Waals surface area contributed by atoms with Crippen molar-refractivity contribution in [2.24, 2.45) is 0 Å². The van der Waals surface area contributed by atoms with Gasteiger partial charge in [-0.1, -0.05) is 0 Å². The Bertz CT molecular complexity index is 823. The molecule has 1 aromatic rings. The van der Waals surface area contributed by atoms with Crippen LogP contribution in [-0.2, 0) is 19.4 Å². The molecule has 0 aliphatic carbocycles. The molecule has 2 N–H and O–H groups in total. The van der Waals surface area contributed by atoms with Crippen molar-refractivity contribution in [1.82, 2.24) is 5.32 Å². The minimum atomic E-state index is -3.13. The molecule has 1 heterocycles.